The molecule has 1 amide bonds. The Labute approximate surface area is 163 Å². The fourth-order valence-electron chi connectivity index (χ4n) is 4.33. The Hall–Kier alpha value is -1.92. The molecule has 0 unspecified atom stereocenters. The van der Waals surface area contributed by atoms with Crippen molar-refractivity contribution in [3.63, 3.8) is 0 Å². The van der Waals surface area contributed by atoms with Gasteiger partial charge in [0.15, 0.2) is 0 Å². The van der Waals surface area contributed by atoms with Crippen LogP contribution < -0.4 is 0 Å². The quantitative estimate of drug-likeness (QED) is 0.794. The molecule has 1 aromatic heterocycles. The molecule has 3 heterocycles. The van der Waals surface area contributed by atoms with Crippen LogP contribution in [-0.4, -0.2) is 46.0 Å². The van der Waals surface area contributed by atoms with E-state index in [4.69, 9.17) is 16.1 Å². The number of hydrogen-bond donors (Lipinski definition) is 0. The molecule has 0 N–H and O–H groups in total. The van der Waals surface area contributed by atoms with E-state index in [0.717, 1.165) is 49.4 Å². The molecule has 27 heavy (non-hydrogen) atoms. The maximum Gasteiger partial charge on any atom is 0.256 e. The van der Waals surface area contributed by atoms with E-state index in [-0.39, 0.29) is 17.0 Å². The Bertz CT molecular complexity index is 865. The number of aryl methyl sites for hydroxylation is 2. The molecule has 1 atom stereocenters. The van der Waals surface area contributed by atoms with Gasteiger partial charge < -0.3 is 9.42 Å². The average Bonchev–Trinajstić information content (AvgIpc) is 2.98. The lowest BCUT2D eigenvalue weighted by Gasteiger charge is -2.57. The molecule has 0 radical (unpaired) electrons. The van der Waals surface area contributed by atoms with Crippen LogP contribution in [0.3, 0.4) is 0 Å². The van der Waals surface area contributed by atoms with Crippen LogP contribution in [0.25, 0.3) is 0 Å². The van der Waals surface area contributed by atoms with Crippen LogP contribution in [0, 0.1) is 19.7 Å². The van der Waals surface area contributed by atoms with Gasteiger partial charge in [0.25, 0.3) is 5.91 Å². The molecule has 1 spiro atoms. The Balaban J connectivity index is 1.52. The summed E-state index contributed by atoms with van der Waals surface area (Å²) in [5.41, 5.74) is 2.05. The van der Waals surface area contributed by atoms with Crippen LogP contribution in [-0.2, 0) is 6.54 Å². The number of nitrogens with zero attached hydrogens (tertiary/aromatic N) is 3. The summed E-state index contributed by atoms with van der Waals surface area (Å²) in [5, 5.41) is 4.41. The van der Waals surface area contributed by atoms with E-state index in [2.05, 4.69) is 10.1 Å². The summed E-state index contributed by atoms with van der Waals surface area (Å²) in [6.07, 6.45) is 2.99. The van der Waals surface area contributed by atoms with Crippen molar-refractivity contribution in [3.05, 3.63) is 51.6 Å². The van der Waals surface area contributed by atoms with Gasteiger partial charge in [0.1, 0.15) is 11.6 Å². The summed E-state index contributed by atoms with van der Waals surface area (Å²) in [7, 11) is 0. The molecule has 1 aromatic carbocycles. The Morgan fingerprint density at radius 2 is 2.15 bits per heavy atom. The van der Waals surface area contributed by atoms with Gasteiger partial charge in [0.05, 0.1) is 11.3 Å². The zero-order valence-corrected chi connectivity index (χ0v) is 16.4. The smallest absolute Gasteiger partial charge is 0.256 e. The highest BCUT2D eigenvalue weighted by Crippen LogP contribution is 2.40. The van der Waals surface area contributed by atoms with Gasteiger partial charge in [-0.05, 0) is 51.3 Å². The van der Waals surface area contributed by atoms with Crippen molar-refractivity contribution in [2.75, 3.05) is 19.6 Å². The number of carbonyl (C=O) groups is 1. The van der Waals surface area contributed by atoms with Crippen molar-refractivity contribution in [3.8, 4) is 0 Å². The van der Waals surface area contributed by atoms with Gasteiger partial charge in [-0.1, -0.05) is 16.8 Å². The predicted molar refractivity (Wildman–Crippen MR) is 100 cm³/mol. The van der Waals surface area contributed by atoms with Gasteiger partial charge in [-0.15, -0.1) is 0 Å². The Morgan fingerprint density at radius 1 is 1.33 bits per heavy atom. The molecule has 7 heteroatoms. The minimum atomic E-state index is -0.523. The number of benzene rings is 1. The molecule has 2 aliphatic heterocycles. The molecule has 144 valence electrons. The maximum absolute atomic E-state index is 14.1. The van der Waals surface area contributed by atoms with Crippen molar-refractivity contribution in [1.29, 1.82) is 0 Å². The van der Waals surface area contributed by atoms with E-state index < -0.39 is 5.82 Å². The van der Waals surface area contributed by atoms with Crippen molar-refractivity contribution in [2.45, 2.75) is 45.2 Å². The van der Waals surface area contributed by atoms with E-state index in [1.165, 1.54) is 18.2 Å². The lowest BCUT2D eigenvalue weighted by molar-refractivity contribution is -0.0652. The van der Waals surface area contributed by atoms with Crippen molar-refractivity contribution in [2.24, 2.45) is 0 Å². The highest BCUT2D eigenvalue weighted by Gasteiger charge is 2.48. The number of piperidine rings is 1. The molecule has 2 aromatic rings. The topological polar surface area (TPSA) is 49.6 Å². The number of carbonyl (C=O) groups excluding carboxylic acids is 1. The monoisotopic (exact) mass is 391 g/mol. The highest BCUT2D eigenvalue weighted by molar-refractivity contribution is 6.31. The van der Waals surface area contributed by atoms with Crippen molar-refractivity contribution < 1.29 is 13.7 Å². The second-order valence-corrected chi connectivity index (χ2v) is 8.09. The van der Waals surface area contributed by atoms with Gasteiger partial charge >= 0.3 is 0 Å². The van der Waals surface area contributed by atoms with E-state index in [0.29, 0.717) is 18.1 Å². The normalized spacial score (nSPS) is 22.9. The average molecular weight is 392 g/mol. The second kappa shape index (κ2) is 6.91. The fourth-order valence-corrected chi connectivity index (χ4v) is 4.50. The third kappa shape index (κ3) is 3.25. The minimum absolute atomic E-state index is 0.0425. The summed E-state index contributed by atoms with van der Waals surface area (Å²) in [6.45, 7) is 6.90. The molecule has 5 nitrogen and oxygen atoms in total. The molecule has 0 aliphatic carbocycles. The third-order valence-corrected chi connectivity index (χ3v) is 6.28. The van der Waals surface area contributed by atoms with Crippen molar-refractivity contribution >= 4 is 17.5 Å². The number of hydrogen-bond acceptors (Lipinski definition) is 4. The summed E-state index contributed by atoms with van der Waals surface area (Å²) >= 11 is 5.97. The largest absolute Gasteiger partial charge is 0.361 e. The lowest BCUT2D eigenvalue weighted by Crippen LogP contribution is -2.67. The minimum Gasteiger partial charge on any atom is -0.361 e. The lowest BCUT2D eigenvalue weighted by atomic mass is 9.77. The molecule has 2 saturated heterocycles. The molecule has 0 bridgehead atoms. The zero-order valence-electron chi connectivity index (χ0n) is 15.6. The van der Waals surface area contributed by atoms with Crippen LogP contribution in [0.4, 0.5) is 4.39 Å². The molecule has 2 fully saturated rings. The summed E-state index contributed by atoms with van der Waals surface area (Å²) in [5.74, 6) is 0.0442. The van der Waals surface area contributed by atoms with E-state index >= 15 is 0 Å². The molecular formula is C20H23ClFN3O2. The first-order chi connectivity index (χ1) is 12.9. The molecule has 4 rings (SSSR count). The van der Waals surface area contributed by atoms with Gasteiger partial charge in [-0.2, -0.15) is 0 Å². The fraction of sp³-hybridized carbons (Fsp3) is 0.500. The SMILES string of the molecule is Cc1noc(C)c1CN1CC[C@@]12CCCN(C(=O)c1cc(Cl)ccc1F)C2. The summed E-state index contributed by atoms with van der Waals surface area (Å²) in [4.78, 5) is 17.1. The number of amides is 1. The highest BCUT2D eigenvalue weighted by atomic mass is 35.5. The van der Waals surface area contributed by atoms with Gasteiger partial charge in [0, 0.05) is 42.3 Å². The van der Waals surface area contributed by atoms with Crippen LogP contribution in [0.1, 0.15) is 46.6 Å². The Kier molecular flexibility index (Phi) is 4.72. The van der Waals surface area contributed by atoms with E-state index in [1.807, 2.05) is 13.8 Å². The van der Waals surface area contributed by atoms with Crippen LogP contribution in [0.5, 0.6) is 0 Å². The second-order valence-electron chi connectivity index (χ2n) is 7.65. The molecule has 0 saturated carbocycles. The van der Waals surface area contributed by atoms with E-state index in [9.17, 15) is 9.18 Å². The van der Waals surface area contributed by atoms with Crippen molar-refractivity contribution in [1.82, 2.24) is 15.0 Å². The van der Waals surface area contributed by atoms with Gasteiger partial charge in [-0.3, -0.25) is 9.69 Å². The first-order valence-electron chi connectivity index (χ1n) is 9.31. The zero-order chi connectivity index (χ0) is 19.2. The Morgan fingerprint density at radius 3 is 2.81 bits per heavy atom. The number of likely N-dealkylation sites (tertiary alicyclic amines) is 2. The first kappa shape index (κ1) is 18.4. The summed E-state index contributed by atoms with van der Waals surface area (Å²) < 4.78 is 19.4. The predicted octanol–water partition coefficient (Wildman–Crippen LogP) is 3.96. The first-order valence-corrected chi connectivity index (χ1v) is 9.68. The molecule has 2 aliphatic rings. The van der Waals surface area contributed by atoms with E-state index in [1.54, 1.807) is 4.90 Å². The van der Waals surface area contributed by atoms with Crippen LogP contribution in [0.15, 0.2) is 22.7 Å². The van der Waals surface area contributed by atoms with Gasteiger partial charge in [0.2, 0.25) is 0 Å². The van der Waals surface area contributed by atoms with Crippen LogP contribution >= 0.6 is 11.6 Å². The van der Waals surface area contributed by atoms with Gasteiger partial charge in [-0.25, -0.2) is 4.39 Å². The number of rotatable bonds is 3. The summed E-state index contributed by atoms with van der Waals surface area (Å²) in [6, 6.07) is 4.13. The maximum atomic E-state index is 14.1. The van der Waals surface area contributed by atoms with Crippen LogP contribution in [0.2, 0.25) is 5.02 Å². The third-order valence-electron chi connectivity index (χ3n) is 6.05. The standard InChI is InChI=1S/C20H23ClFN3O2/c1-13-17(14(2)27-23-13)11-25-9-7-20(25)6-3-8-24(12-20)19(26)16-10-15(21)4-5-18(16)22/h4-5,10H,3,6-9,11-12H2,1-2H3/t20-/m1/s1. The molecular weight excluding hydrogens is 369 g/mol. The number of aromatic nitrogens is 1. The number of halogens is 2.